The smallest absolute Gasteiger partial charge is 0.230 e. The van der Waals surface area contributed by atoms with Crippen molar-refractivity contribution in [2.24, 2.45) is 5.73 Å². The van der Waals surface area contributed by atoms with Crippen molar-refractivity contribution in [3.63, 3.8) is 0 Å². The summed E-state index contributed by atoms with van der Waals surface area (Å²) in [6.45, 7) is 0.471. The van der Waals surface area contributed by atoms with Gasteiger partial charge in [-0.15, -0.1) is 0 Å². The van der Waals surface area contributed by atoms with Gasteiger partial charge in [-0.1, -0.05) is 11.3 Å². The summed E-state index contributed by atoms with van der Waals surface area (Å²) in [4.78, 5) is 17.7. The fraction of sp³-hybridized carbons (Fsp3) is 0.273. The molecule has 1 aliphatic rings. The highest BCUT2D eigenvalue weighted by atomic mass is 79.9. The number of aromatic nitrogens is 1. The highest BCUT2D eigenvalue weighted by molar-refractivity contribution is 9.10. The predicted molar refractivity (Wildman–Crippen MR) is 72.2 cm³/mol. The Kier molecular flexibility index (Phi) is 2.84. The topological polar surface area (TPSA) is 59.2 Å². The predicted octanol–water partition coefficient (Wildman–Crippen LogP) is 2.26. The lowest BCUT2D eigenvalue weighted by molar-refractivity contribution is -0.117. The number of hydrogen-bond acceptors (Lipinski definition) is 4. The largest absolute Gasteiger partial charge is 0.326 e. The van der Waals surface area contributed by atoms with Crippen LogP contribution in [-0.4, -0.2) is 23.5 Å². The molecule has 2 N–H and O–H groups in total. The van der Waals surface area contributed by atoms with Gasteiger partial charge in [-0.25, -0.2) is 9.37 Å². The van der Waals surface area contributed by atoms with Gasteiger partial charge in [0, 0.05) is 23.5 Å². The maximum Gasteiger partial charge on any atom is 0.230 e. The van der Waals surface area contributed by atoms with Gasteiger partial charge in [-0.05, 0) is 28.1 Å². The lowest BCUT2D eigenvalue weighted by Gasteiger charge is -2.10. The van der Waals surface area contributed by atoms with Crippen molar-refractivity contribution >= 4 is 48.5 Å². The van der Waals surface area contributed by atoms with Crippen LogP contribution < -0.4 is 10.6 Å². The lowest BCUT2D eigenvalue weighted by atomic mass is 10.3. The van der Waals surface area contributed by atoms with Gasteiger partial charge in [0.2, 0.25) is 5.91 Å². The number of amides is 1. The molecule has 0 aliphatic carbocycles. The van der Waals surface area contributed by atoms with Gasteiger partial charge < -0.3 is 5.73 Å². The summed E-state index contributed by atoms with van der Waals surface area (Å²) in [6.07, 6.45) is 0.339. The van der Waals surface area contributed by atoms with Crippen LogP contribution in [0.1, 0.15) is 6.42 Å². The molecule has 94 valence electrons. The van der Waals surface area contributed by atoms with Crippen molar-refractivity contribution < 1.29 is 9.18 Å². The molecule has 1 aliphatic heterocycles. The second kappa shape index (κ2) is 4.25. The summed E-state index contributed by atoms with van der Waals surface area (Å²) >= 11 is 4.57. The summed E-state index contributed by atoms with van der Waals surface area (Å²) in [5.41, 5.74) is 6.42. The van der Waals surface area contributed by atoms with Crippen LogP contribution in [0.25, 0.3) is 10.2 Å². The quantitative estimate of drug-likeness (QED) is 0.873. The number of anilines is 1. The van der Waals surface area contributed by atoms with Crippen molar-refractivity contribution in [2.75, 3.05) is 11.4 Å². The maximum atomic E-state index is 13.3. The number of nitrogens with zero attached hydrogens (tertiary/aromatic N) is 2. The number of carbonyl (C=O) groups is 1. The Hall–Kier alpha value is -1.05. The standard InChI is InChI=1S/C11H9BrFN3OS/c12-7-1-5(13)2-8-10(7)15-11(18-8)16-4-6(14)3-9(16)17/h1-2,6H,3-4,14H2. The third-order valence-electron chi connectivity index (χ3n) is 2.79. The number of nitrogens with two attached hydrogens (primary N) is 1. The third kappa shape index (κ3) is 1.92. The van der Waals surface area contributed by atoms with Gasteiger partial charge in [0.05, 0.1) is 10.2 Å². The molecule has 0 radical (unpaired) electrons. The average molecular weight is 330 g/mol. The number of hydrogen-bond donors (Lipinski definition) is 1. The van der Waals surface area contributed by atoms with Crippen LogP contribution in [-0.2, 0) is 4.79 Å². The van der Waals surface area contributed by atoms with E-state index in [4.69, 9.17) is 5.73 Å². The number of carbonyl (C=O) groups excluding carboxylic acids is 1. The Labute approximate surface area is 115 Å². The van der Waals surface area contributed by atoms with E-state index in [1.54, 1.807) is 4.90 Å². The molecule has 1 fully saturated rings. The molecular formula is C11H9BrFN3OS. The zero-order valence-electron chi connectivity index (χ0n) is 9.19. The molecule has 1 atom stereocenters. The number of fused-ring (bicyclic) bond motifs is 1. The number of benzene rings is 1. The second-order valence-electron chi connectivity index (χ2n) is 4.20. The molecule has 1 unspecified atom stereocenters. The van der Waals surface area contributed by atoms with Crippen molar-refractivity contribution in [1.29, 1.82) is 0 Å². The lowest BCUT2D eigenvalue weighted by Crippen LogP contribution is -2.27. The summed E-state index contributed by atoms with van der Waals surface area (Å²) < 4.78 is 14.6. The van der Waals surface area contributed by atoms with Gasteiger partial charge in [0.15, 0.2) is 5.13 Å². The zero-order chi connectivity index (χ0) is 12.9. The summed E-state index contributed by atoms with van der Waals surface area (Å²) in [7, 11) is 0. The molecule has 4 nitrogen and oxygen atoms in total. The van der Waals surface area contributed by atoms with Gasteiger partial charge in [-0.2, -0.15) is 0 Å². The Morgan fingerprint density at radius 3 is 3.00 bits per heavy atom. The minimum atomic E-state index is -0.325. The molecule has 1 amide bonds. The molecule has 1 aromatic heterocycles. The average Bonchev–Trinajstić information content (AvgIpc) is 2.81. The number of halogens is 2. The van der Waals surface area contributed by atoms with Crippen LogP contribution in [0.5, 0.6) is 0 Å². The first-order valence-electron chi connectivity index (χ1n) is 5.36. The first kappa shape index (κ1) is 12.0. The van der Waals surface area contributed by atoms with Gasteiger partial charge >= 0.3 is 0 Å². The summed E-state index contributed by atoms with van der Waals surface area (Å²) in [6, 6.07) is 2.63. The monoisotopic (exact) mass is 329 g/mol. The van der Waals surface area contributed by atoms with Gasteiger partial charge in [0.25, 0.3) is 0 Å². The summed E-state index contributed by atoms with van der Waals surface area (Å²) in [5.74, 6) is -0.354. The van der Waals surface area contributed by atoms with Gasteiger partial charge in [0.1, 0.15) is 5.82 Å². The second-order valence-corrected chi connectivity index (χ2v) is 6.06. The van der Waals surface area contributed by atoms with E-state index in [9.17, 15) is 9.18 Å². The zero-order valence-corrected chi connectivity index (χ0v) is 11.6. The molecule has 18 heavy (non-hydrogen) atoms. The SMILES string of the molecule is NC1CC(=O)N(c2nc3c(Br)cc(F)cc3s2)C1. The van der Waals surface area contributed by atoms with Crippen LogP contribution in [0.15, 0.2) is 16.6 Å². The Morgan fingerprint density at radius 1 is 1.56 bits per heavy atom. The molecule has 1 aromatic carbocycles. The molecule has 0 saturated carbocycles. The highest BCUT2D eigenvalue weighted by Crippen LogP contribution is 2.35. The number of rotatable bonds is 1. The van der Waals surface area contributed by atoms with E-state index in [1.165, 1.54) is 23.5 Å². The Morgan fingerprint density at radius 2 is 2.33 bits per heavy atom. The van der Waals surface area contributed by atoms with Crippen molar-refractivity contribution in [2.45, 2.75) is 12.5 Å². The molecule has 0 bridgehead atoms. The molecular weight excluding hydrogens is 321 g/mol. The van der Waals surface area contributed by atoms with Crippen LogP contribution in [0.2, 0.25) is 0 Å². The fourth-order valence-corrected chi connectivity index (χ4v) is 3.68. The minimum absolute atomic E-state index is 0.0295. The van der Waals surface area contributed by atoms with Gasteiger partial charge in [-0.3, -0.25) is 9.69 Å². The fourth-order valence-electron chi connectivity index (χ4n) is 1.98. The van der Waals surface area contributed by atoms with E-state index >= 15 is 0 Å². The molecule has 1 saturated heterocycles. The van der Waals surface area contributed by atoms with E-state index in [0.29, 0.717) is 32.8 Å². The molecule has 7 heteroatoms. The molecule has 3 rings (SSSR count). The minimum Gasteiger partial charge on any atom is -0.326 e. The van der Waals surface area contributed by atoms with Crippen LogP contribution >= 0.6 is 27.3 Å². The van der Waals surface area contributed by atoms with Crippen molar-refractivity contribution in [3.8, 4) is 0 Å². The van der Waals surface area contributed by atoms with Crippen LogP contribution in [0.3, 0.4) is 0 Å². The highest BCUT2D eigenvalue weighted by Gasteiger charge is 2.30. The number of thiazole rings is 1. The maximum absolute atomic E-state index is 13.3. The Bertz CT molecular complexity index is 644. The van der Waals surface area contributed by atoms with Crippen molar-refractivity contribution in [3.05, 3.63) is 22.4 Å². The third-order valence-corrected chi connectivity index (χ3v) is 4.42. The van der Waals surface area contributed by atoms with E-state index in [1.807, 2.05) is 0 Å². The Balaban J connectivity index is 2.09. The normalized spacial score (nSPS) is 20.1. The van der Waals surface area contributed by atoms with E-state index in [0.717, 1.165) is 0 Å². The van der Waals surface area contributed by atoms with Crippen molar-refractivity contribution in [1.82, 2.24) is 4.98 Å². The van der Waals surface area contributed by atoms with E-state index in [2.05, 4.69) is 20.9 Å². The van der Waals surface area contributed by atoms with E-state index < -0.39 is 0 Å². The van der Waals surface area contributed by atoms with Crippen LogP contribution in [0.4, 0.5) is 9.52 Å². The first-order valence-corrected chi connectivity index (χ1v) is 6.97. The molecule has 2 heterocycles. The van der Waals surface area contributed by atoms with E-state index in [-0.39, 0.29) is 17.8 Å². The first-order chi connectivity index (χ1) is 8.54. The van der Waals surface area contributed by atoms with Crippen LogP contribution in [0, 0.1) is 5.82 Å². The summed E-state index contributed by atoms with van der Waals surface area (Å²) in [5, 5.41) is 0.578. The molecule has 0 spiro atoms. The molecule has 2 aromatic rings.